The fraction of sp³-hybridized carbons (Fsp3) is 1.00. The largest absolute Gasteiger partial charge is 0.340 e. The monoisotopic (exact) mass is 168 g/mol. The fourth-order valence-corrected chi connectivity index (χ4v) is 2.53. The third-order valence-corrected chi connectivity index (χ3v) is 3.62. The summed E-state index contributed by atoms with van der Waals surface area (Å²) in [6, 6.07) is 0. The van der Waals surface area contributed by atoms with Gasteiger partial charge in [0.25, 0.3) is 0 Å². The number of hydrogen-bond donors (Lipinski definition) is 0. The molecule has 3 aliphatic rings. The normalized spacial score (nSPS) is 57.2. The minimum atomic E-state index is -0.0365. The van der Waals surface area contributed by atoms with Crippen molar-refractivity contribution in [1.82, 2.24) is 0 Å². The van der Waals surface area contributed by atoms with Gasteiger partial charge in [-0.3, -0.25) is 0 Å². The van der Waals surface area contributed by atoms with E-state index in [9.17, 15) is 0 Å². The van der Waals surface area contributed by atoms with Gasteiger partial charge in [0, 0.05) is 0 Å². The molecule has 2 unspecified atom stereocenters. The Morgan fingerprint density at radius 1 is 1.17 bits per heavy atom. The van der Waals surface area contributed by atoms with E-state index in [-0.39, 0.29) is 5.79 Å². The van der Waals surface area contributed by atoms with Crippen LogP contribution in [0.2, 0.25) is 0 Å². The summed E-state index contributed by atoms with van der Waals surface area (Å²) in [5, 5.41) is 0. The van der Waals surface area contributed by atoms with E-state index in [1.165, 1.54) is 25.7 Å². The van der Waals surface area contributed by atoms with Crippen LogP contribution in [0.3, 0.4) is 0 Å². The van der Waals surface area contributed by atoms with Crippen LogP contribution in [0, 0.1) is 11.8 Å². The van der Waals surface area contributed by atoms with Gasteiger partial charge in [-0.1, -0.05) is 19.8 Å². The molecule has 0 bridgehead atoms. The zero-order chi connectivity index (χ0) is 8.18. The third kappa shape index (κ3) is 1.01. The van der Waals surface area contributed by atoms with Crippen LogP contribution in [0.1, 0.15) is 32.6 Å². The highest BCUT2D eigenvalue weighted by molar-refractivity contribution is 5.07. The maximum Gasteiger partial charge on any atom is 0.220 e. The van der Waals surface area contributed by atoms with E-state index in [2.05, 4.69) is 6.92 Å². The number of epoxide rings is 2. The van der Waals surface area contributed by atoms with E-state index in [4.69, 9.17) is 9.47 Å². The summed E-state index contributed by atoms with van der Waals surface area (Å²) < 4.78 is 10.8. The van der Waals surface area contributed by atoms with Crippen LogP contribution in [0.15, 0.2) is 0 Å². The molecule has 0 aromatic rings. The van der Waals surface area contributed by atoms with Gasteiger partial charge in [-0.15, -0.1) is 0 Å². The van der Waals surface area contributed by atoms with Crippen molar-refractivity contribution in [3.8, 4) is 0 Å². The maximum absolute atomic E-state index is 5.57. The van der Waals surface area contributed by atoms with E-state index in [0.29, 0.717) is 6.10 Å². The molecule has 3 fully saturated rings. The molecule has 0 N–H and O–H groups in total. The Labute approximate surface area is 73.2 Å². The Morgan fingerprint density at radius 3 is 2.33 bits per heavy atom. The number of rotatable bonds is 1. The number of hydrogen-bond acceptors (Lipinski definition) is 2. The minimum absolute atomic E-state index is 0.0365. The Bertz CT molecular complexity index is 190. The lowest BCUT2D eigenvalue weighted by molar-refractivity contribution is 0.219. The first kappa shape index (κ1) is 7.34. The molecule has 2 nitrogen and oxygen atoms in total. The lowest BCUT2D eigenvalue weighted by Gasteiger charge is -2.24. The average molecular weight is 168 g/mol. The van der Waals surface area contributed by atoms with Gasteiger partial charge in [0.1, 0.15) is 12.7 Å². The van der Waals surface area contributed by atoms with Crippen LogP contribution in [0.25, 0.3) is 0 Å². The van der Waals surface area contributed by atoms with Gasteiger partial charge < -0.3 is 9.47 Å². The topological polar surface area (TPSA) is 25.1 Å². The summed E-state index contributed by atoms with van der Waals surface area (Å²) >= 11 is 0. The average Bonchev–Trinajstić information content (AvgIpc) is 2.96. The molecule has 0 radical (unpaired) electrons. The van der Waals surface area contributed by atoms with Gasteiger partial charge in [-0.25, -0.2) is 0 Å². The zero-order valence-electron chi connectivity index (χ0n) is 7.58. The molecule has 1 aliphatic carbocycles. The van der Waals surface area contributed by atoms with Crippen LogP contribution in [0.4, 0.5) is 0 Å². The maximum atomic E-state index is 5.57. The van der Waals surface area contributed by atoms with E-state index in [1.54, 1.807) is 0 Å². The summed E-state index contributed by atoms with van der Waals surface area (Å²) in [4.78, 5) is 0. The molecule has 2 atom stereocenters. The summed E-state index contributed by atoms with van der Waals surface area (Å²) in [5.41, 5.74) is 0. The molecule has 12 heavy (non-hydrogen) atoms. The van der Waals surface area contributed by atoms with E-state index in [0.717, 1.165) is 18.4 Å². The standard InChI is InChI=1S/C10H16O2/c1-7-2-4-8(5-3-7)9-10(12-9)6-11-10/h7-9H,2-6H2,1H3. The van der Waals surface area contributed by atoms with Gasteiger partial charge in [0.2, 0.25) is 5.79 Å². The quantitative estimate of drug-likeness (QED) is 0.559. The molecule has 2 heterocycles. The minimum Gasteiger partial charge on any atom is -0.340 e. The Kier molecular flexibility index (Phi) is 1.37. The molecule has 2 aliphatic heterocycles. The Balaban J connectivity index is 1.57. The molecular formula is C10H16O2. The lowest BCUT2D eigenvalue weighted by atomic mass is 9.81. The van der Waals surface area contributed by atoms with Gasteiger partial charge in [-0.05, 0) is 24.7 Å². The molecule has 2 saturated heterocycles. The molecule has 3 rings (SSSR count). The second-order valence-electron chi connectivity index (χ2n) is 4.66. The van der Waals surface area contributed by atoms with Gasteiger partial charge >= 0.3 is 0 Å². The van der Waals surface area contributed by atoms with Crippen molar-refractivity contribution < 1.29 is 9.47 Å². The number of ether oxygens (including phenoxy) is 2. The summed E-state index contributed by atoms with van der Waals surface area (Å²) in [5.74, 6) is 1.71. The van der Waals surface area contributed by atoms with Crippen LogP contribution in [0.5, 0.6) is 0 Å². The van der Waals surface area contributed by atoms with Crippen molar-refractivity contribution in [2.24, 2.45) is 11.8 Å². The predicted molar refractivity (Wildman–Crippen MR) is 44.7 cm³/mol. The van der Waals surface area contributed by atoms with Crippen LogP contribution in [-0.2, 0) is 9.47 Å². The van der Waals surface area contributed by atoms with Crippen molar-refractivity contribution >= 4 is 0 Å². The van der Waals surface area contributed by atoms with Crippen molar-refractivity contribution in [3.63, 3.8) is 0 Å². The molecule has 1 spiro atoms. The van der Waals surface area contributed by atoms with Crippen molar-refractivity contribution in [1.29, 1.82) is 0 Å². The van der Waals surface area contributed by atoms with E-state index in [1.807, 2.05) is 0 Å². The first-order chi connectivity index (χ1) is 5.80. The van der Waals surface area contributed by atoms with Crippen molar-refractivity contribution in [2.45, 2.75) is 44.5 Å². The van der Waals surface area contributed by atoms with Gasteiger partial charge in [0.05, 0.1) is 0 Å². The van der Waals surface area contributed by atoms with Crippen LogP contribution >= 0.6 is 0 Å². The summed E-state index contributed by atoms with van der Waals surface area (Å²) in [7, 11) is 0. The van der Waals surface area contributed by atoms with Crippen molar-refractivity contribution in [2.75, 3.05) is 6.61 Å². The van der Waals surface area contributed by atoms with Gasteiger partial charge in [-0.2, -0.15) is 0 Å². The van der Waals surface area contributed by atoms with Crippen LogP contribution < -0.4 is 0 Å². The molecule has 0 amide bonds. The summed E-state index contributed by atoms with van der Waals surface area (Å²) in [6.45, 7) is 3.22. The predicted octanol–water partition coefficient (Wildman–Crippen LogP) is 1.94. The molecule has 1 saturated carbocycles. The molecule has 68 valence electrons. The third-order valence-electron chi connectivity index (χ3n) is 3.62. The molecule has 0 aromatic heterocycles. The van der Waals surface area contributed by atoms with Gasteiger partial charge in [0.15, 0.2) is 0 Å². The molecule has 0 aromatic carbocycles. The van der Waals surface area contributed by atoms with E-state index >= 15 is 0 Å². The zero-order valence-corrected chi connectivity index (χ0v) is 7.58. The SMILES string of the molecule is CC1CCC(C2OC23CO3)CC1. The summed E-state index contributed by atoms with van der Waals surface area (Å²) in [6.07, 6.45) is 5.97. The molecular weight excluding hydrogens is 152 g/mol. The highest BCUT2D eigenvalue weighted by Gasteiger charge is 2.70. The second-order valence-corrected chi connectivity index (χ2v) is 4.66. The Hall–Kier alpha value is -0.0800. The van der Waals surface area contributed by atoms with Crippen LogP contribution in [-0.4, -0.2) is 18.5 Å². The van der Waals surface area contributed by atoms with Crippen molar-refractivity contribution in [3.05, 3.63) is 0 Å². The lowest BCUT2D eigenvalue weighted by Crippen LogP contribution is -2.19. The Morgan fingerprint density at radius 2 is 1.83 bits per heavy atom. The second kappa shape index (κ2) is 2.24. The fourth-order valence-electron chi connectivity index (χ4n) is 2.53. The smallest absolute Gasteiger partial charge is 0.220 e. The molecule has 2 heteroatoms. The highest BCUT2D eigenvalue weighted by Crippen LogP contribution is 2.55. The first-order valence-electron chi connectivity index (χ1n) is 5.12. The van der Waals surface area contributed by atoms with E-state index < -0.39 is 0 Å². The first-order valence-corrected chi connectivity index (χ1v) is 5.12. The highest BCUT2D eigenvalue weighted by atomic mass is 16.9.